The topological polar surface area (TPSA) is 91.3 Å². The summed E-state index contributed by atoms with van der Waals surface area (Å²) in [5.41, 5.74) is 1.33. The molecule has 1 heterocycles. The number of rotatable bonds is 6. The van der Waals surface area contributed by atoms with Gasteiger partial charge in [-0.3, -0.25) is 14.6 Å². The Morgan fingerprint density at radius 3 is 2.61 bits per heavy atom. The molecule has 0 radical (unpaired) electrons. The number of halogens is 1. The van der Waals surface area contributed by atoms with Gasteiger partial charge in [0.25, 0.3) is 5.91 Å². The van der Waals surface area contributed by atoms with Crippen molar-refractivity contribution in [1.82, 2.24) is 15.6 Å². The summed E-state index contributed by atoms with van der Waals surface area (Å²) in [6.07, 6.45) is 2.97. The van der Waals surface area contributed by atoms with Crippen molar-refractivity contribution in [2.24, 2.45) is 0 Å². The highest BCUT2D eigenvalue weighted by Gasteiger charge is 2.20. The Morgan fingerprint density at radius 1 is 1.22 bits per heavy atom. The Morgan fingerprint density at radius 2 is 1.96 bits per heavy atom. The van der Waals surface area contributed by atoms with Crippen LogP contribution in [0.25, 0.3) is 0 Å². The highest BCUT2D eigenvalue weighted by molar-refractivity contribution is 14.1. The Kier molecular flexibility index (Phi) is 6.48. The van der Waals surface area contributed by atoms with Crippen molar-refractivity contribution in [2.45, 2.75) is 12.6 Å². The molecule has 2 rings (SSSR count). The molecule has 1 aromatic carbocycles. The van der Waals surface area contributed by atoms with Gasteiger partial charge in [-0.05, 0) is 52.4 Å². The van der Waals surface area contributed by atoms with Crippen LogP contribution in [0, 0.1) is 3.57 Å². The van der Waals surface area contributed by atoms with Crippen LogP contribution in [0.4, 0.5) is 0 Å². The van der Waals surface area contributed by atoms with Gasteiger partial charge in [-0.25, -0.2) is 0 Å². The Balaban J connectivity index is 1.92. The van der Waals surface area contributed by atoms with Gasteiger partial charge < -0.3 is 15.7 Å². The fourth-order valence-corrected chi connectivity index (χ4v) is 2.51. The van der Waals surface area contributed by atoms with Crippen LogP contribution in [0.2, 0.25) is 0 Å². The first kappa shape index (κ1) is 17.4. The Hall–Kier alpha value is -2.00. The number of hydrogen-bond acceptors (Lipinski definition) is 4. The third kappa shape index (κ3) is 5.29. The van der Waals surface area contributed by atoms with E-state index in [1.165, 1.54) is 24.5 Å². The number of amides is 2. The molecule has 1 atom stereocenters. The third-order valence-electron chi connectivity index (χ3n) is 3.10. The van der Waals surface area contributed by atoms with E-state index in [2.05, 4.69) is 38.2 Å². The predicted octanol–water partition coefficient (Wildman–Crippen LogP) is 1.09. The number of nitrogens with one attached hydrogen (secondary N) is 2. The van der Waals surface area contributed by atoms with E-state index in [0.717, 1.165) is 9.13 Å². The summed E-state index contributed by atoms with van der Waals surface area (Å²) in [4.78, 5) is 27.9. The highest BCUT2D eigenvalue weighted by atomic mass is 127. The van der Waals surface area contributed by atoms with E-state index < -0.39 is 24.5 Å². The van der Waals surface area contributed by atoms with Gasteiger partial charge in [0, 0.05) is 28.1 Å². The molecule has 0 bridgehead atoms. The number of aliphatic hydroxyl groups excluding tert-OH is 1. The first-order valence-electron chi connectivity index (χ1n) is 6.94. The normalized spacial score (nSPS) is 11.6. The van der Waals surface area contributed by atoms with Gasteiger partial charge in [-0.1, -0.05) is 12.1 Å². The van der Waals surface area contributed by atoms with Gasteiger partial charge in [-0.2, -0.15) is 0 Å². The number of benzene rings is 1. The van der Waals surface area contributed by atoms with E-state index in [1.54, 1.807) is 0 Å². The number of carbonyl (C=O) groups excluding carboxylic acids is 2. The highest BCUT2D eigenvalue weighted by Crippen LogP contribution is 2.07. The lowest BCUT2D eigenvalue weighted by molar-refractivity contribution is -0.124. The summed E-state index contributed by atoms with van der Waals surface area (Å²) >= 11 is 2.19. The number of nitrogens with zero attached hydrogens (tertiary/aromatic N) is 1. The molecule has 0 spiro atoms. The molecule has 23 heavy (non-hydrogen) atoms. The van der Waals surface area contributed by atoms with Crippen LogP contribution in [0.5, 0.6) is 0 Å². The predicted molar refractivity (Wildman–Crippen MR) is 93.6 cm³/mol. The van der Waals surface area contributed by atoms with E-state index in [0.29, 0.717) is 12.1 Å². The summed E-state index contributed by atoms with van der Waals surface area (Å²) in [5, 5.41) is 14.5. The summed E-state index contributed by atoms with van der Waals surface area (Å²) in [5.74, 6) is -0.871. The lowest BCUT2D eigenvalue weighted by Crippen LogP contribution is -2.48. The maximum Gasteiger partial charge on any atom is 0.252 e. The second-order valence-corrected chi connectivity index (χ2v) is 6.04. The van der Waals surface area contributed by atoms with Crippen LogP contribution < -0.4 is 10.6 Å². The van der Waals surface area contributed by atoms with Gasteiger partial charge in [0.1, 0.15) is 6.04 Å². The fraction of sp³-hybridized carbons (Fsp3) is 0.188. The van der Waals surface area contributed by atoms with Gasteiger partial charge in [0.15, 0.2) is 0 Å². The van der Waals surface area contributed by atoms with Crippen molar-refractivity contribution in [3.05, 3.63) is 63.5 Å². The summed E-state index contributed by atoms with van der Waals surface area (Å²) in [6, 6.07) is 9.77. The van der Waals surface area contributed by atoms with Crippen LogP contribution in [0.3, 0.4) is 0 Å². The Labute approximate surface area is 147 Å². The van der Waals surface area contributed by atoms with Crippen LogP contribution in [-0.4, -0.2) is 34.6 Å². The summed E-state index contributed by atoms with van der Waals surface area (Å²) < 4.78 is 1.07. The zero-order chi connectivity index (χ0) is 16.7. The third-order valence-corrected chi connectivity index (χ3v) is 3.77. The van der Waals surface area contributed by atoms with Gasteiger partial charge in [0.2, 0.25) is 5.91 Å². The number of pyridine rings is 1. The quantitative estimate of drug-likeness (QED) is 0.605. The lowest BCUT2D eigenvalue weighted by atomic mass is 10.2. The standard InChI is InChI=1S/C16H16IN3O3/c17-13-3-1-2-11(8-13)9-19-16(23)14(10-21)20-15(22)12-4-6-18-7-5-12/h1-8,14,21H,9-10H2,(H,19,23)(H,20,22). The molecule has 120 valence electrons. The number of aliphatic hydroxyl groups is 1. The number of hydrogen-bond donors (Lipinski definition) is 3. The minimum Gasteiger partial charge on any atom is -0.394 e. The zero-order valence-electron chi connectivity index (χ0n) is 12.2. The molecule has 0 fully saturated rings. The largest absolute Gasteiger partial charge is 0.394 e. The van der Waals surface area contributed by atoms with Crippen LogP contribution in [-0.2, 0) is 11.3 Å². The maximum absolute atomic E-state index is 12.1. The molecule has 3 N–H and O–H groups in total. The smallest absolute Gasteiger partial charge is 0.252 e. The SMILES string of the molecule is O=C(NC(CO)C(=O)NCc1cccc(I)c1)c1ccncc1. The van der Waals surface area contributed by atoms with E-state index in [4.69, 9.17) is 0 Å². The molecule has 0 aliphatic heterocycles. The molecule has 2 aromatic rings. The van der Waals surface area contributed by atoms with E-state index >= 15 is 0 Å². The number of carbonyl (C=O) groups is 2. The molecule has 1 unspecified atom stereocenters. The van der Waals surface area contributed by atoms with Crippen molar-refractivity contribution < 1.29 is 14.7 Å². The Bertz CT molecular complexity index is 679. The fourth-order valence-electron chi connectivity index (χ4n) is 1.90. The summed E-state index contributed by atoms with van der Waals surface area (Å²) in [7, 11) is 0. The van der Waals surface area contributed by atoms with E-state index in [1.807, 2.05) is 24.3 Å². The monoisotopic (exact) mass is 425 g/mol. The zero-order valence-corrected chi connectivity index (χ0v) is 14.4. The van der Waals surface area contributed by atoms with E-state index in [-0.39, 0.29) is 0 Å². The van der Waals surface area contributed by atoms with Crippen LogP contribution in [0.1, 0.15) is 15.9 Å². The van der Waals surface area contributed by atoms with Gasteiger partial charge >= 0.3 is 0 Å². The maximum atomic E-state index is 12.1. The minimum atomic E-state index is -1.00. The van der Waals surface area contributed by atoms with Crippen molar-refractivity contribution in [3.63, 3.8) is 0 Å². The van der Waals surface area contributed by atoms with Gasteiger partial charge in [0.05, 0.1) is 6.61 Å². The molecule has 0 aliphatic rings. The molecule has 0 saturated heterocycles. The molecule has 6 nitrogen and oxygen atoms in total. The summed E-state index contributed by atoms with van der Waals surface area (Å²) in [6.45, 7) is -0.147. The average Bonchev–Trinajstić information content (AvgIpc) is 2.58. The molecule has 1 aromatic heterocycles. The second-order valence-electron chi connectivity index (χ2n) is 4.79. The molecule has 0 aliphatic carbocycles. The van der Waals surface area contributed by atoms with Crippen LogP contribution >= 0.6 is 22.6 Å². The molecule has 0 saturated carbocycles. The second kappa shape index (κ2) is 8.59. The molecule has 7 heteroatoms. The molecular weight excluding hydrogens is 409 g/mol. The van der Waals surface area contributed by atoms with Crippen molar-refractivity contribution in [3.8, 4) is 0 Å². The lowest BCUT2D eigenvalue weighted by Gasteiger charge is -2.16. The van der Waals surface area contributed by atoms with E-state index in [9.17, 15) is 14.7 Å². The molecule has 2 amide bonds. The van der Waals surface area contributed by atoms with Crippen molar-refractivity contribution >= 4 is 34.4 Å². The van der Waals surface area contributed by atoms with Crippen LogP contribution in [0.15, 0.2) is 48.8 Å². The van der Waals surface area contributed by atoms with Gasteiger partial charge in [-0.15, -0.1) is 0 Å². The first-order valence-corrected chi connectivity index (χ1v) is 8.02. The molecular formula is C16H16IN3O3. The first-order chi connectivity index (χ1) is 11.1. The van der Waals surface area contributed by atoms with Crippen molar-refractivity contribution in [2.75, 3.05) is 6.61 Å². The minimum absolute atomic E-state index is 0.331. The van der Waals surface area contributed by atoms with Crippen molar-refractivity contribution in [1.29, 1.82) is 0 Å². The number of aromatic nitrogens is 1. The average molecular weight is 425 g/mol.